The molecule has 0 spiro atoms. The molecule has 0 rings (SSSR count). The molecule has 104 valence electrons. The summed E-state index contributed by atoms with van der Waals surface area (Å²) in [6.45, 7) is 1.56. The van der Waals surface area contributed by atoms with Crippen LogP contribution < -0.4 is 0 Å². The third-order valence-corrected chi connectivity index (χ3v) is 2.03. The molecule has 1 unspecified atom stereocenters. The maximum absolute atomic E-state index is 12.1. The number of allylic oxidation sites excluding steroid dienone is 2. The van der Waals surface area contributed by atoms with Gasteiger partial charge < -0.3 is 10.2 Å². The first-order valence-corrected chi connectivity index (χ1v) is 4.63. The molecule has 3 nitrogen and oxygen atoms in total. The Morgan fingerprint density at radius 2 is 1.67 bits per heavy atom. The summed E-state index contributed by atoms with van der Waals surface area (Å²) in [6, 6.07) is 0. The van der Waals surface area contributed by atoms with Gasteiger partial charge in [0, 0.05) is 5.57 Å². The lowest BCUT2D eigenvalue weighted by atomic mass is 10.1. The van der Waals surface area contributed by atoms with Crippen molar-refractivity contribution in [1.82, 2.24) is 0 Å². The number of aliphatic hydroxyl groups excluding tert-OH is 2. The summed E-state index contributed by atoms with van der Waals surface area (Å²) in [5.74, 6) is -2.83. The average molecular weight is 274 g/mol. The molecular formula is C10H11F5O3. The second kappa shape index (κ2) is 5.94. The highest BCUT2D eigenvalue weighted by Gasteiger charge is 2.41. The highest BCUT2D eigenvalue weighted by atomic mass is 19.4. The zero-order valence-electron chi connectivity index (χ0n) is 9.42. The van der Waals surface area contributed by atoms with Gasteiger partial charge in [-0.05, 0) is 25.5 Å². The zero-order valence-corrected chi connectivity index (χ0v) is 9.42. The Morgan fingerprint density at radius 3 is 2.00 bits per heavy atom. The molecule has 0 aromatic rings. The van der Waals surface area contributed by atoms with Crippen LogP contribution in [0, 0.1) is 0 Å². The van der Waals surface area contributed by atoms with Crippen molar-refractivity contribution >= 4 is 5.78 Å². The Morgan fingerprint density at radius 1 is 1.22 bits per heavy atom. The van der Waals surface area contributed by atoms with Gasteiger partial charge in [-0.3, -0.25) is 4.79 Å². The van der Waals surface area contributed by atoms with Gasteiger partial charge in [0.15, 0.2) is 11.9 Å². The fraction of sp³-hybridized carbons (Fsp3) is 0.500. The number of aliphatic hydroxyl groups is 2. The van der Waals surface area contributed by atoms with E-state index < -0.39 is 41.4 Å². The molecular weight excluding hydrogens is 263 g/mol. The van der Waals surface area contributed by atoms with Gasteiger partial charge in [0.25, 0.3) is 6.43 Å². The lowest BCUT2D eigenvalue weighted by Gasteiger charge is -2.15. The van der Waals surface area contributed by atoms with Gasteiger partial charge in [-0.25, -0.2) is 8.78 Å². The predicted octanol–water partition coefficient (Wildman–Crippen LogP) is 2.52. The predicted molar refractivity (Wildman–Crippen MR) is 52.2 cm³/mol. The second-order valence-electron chi connectivity index (χ2n) is 3.53. The molecule has 0 aliphatic rings. The molecule has 0 aliphatic heterocycles. The fourth-order valence-corrected chi connectivity index (χ4v) is 0.907. The van der Waals surface area contributed by atoms with Crippen molar-refractivity contribution in [2.45, 2.75) is 32.6 Å². The van der Waals surface area contributed by atoms with Crippen LogP contribution in [0.25, 0.3) is 0 Å². The monoisotopic (exact) mass is 274 g/mol. The van der Waals surface area contributed by atoms with E-state index >= 15 is 0 Å². The van der Waals surface area contributed by atoms with Crippen LogP contribution in [-0.4, -0.2) is 34.7 Å². The molecule has 0 aliphatic carbocycles. The first-order chi connectivity index (χ1) is 7.98. The van der Waals surface area contributed by atoms with E-state index in [4.69, 9.17) is 10.2 Å². The SMILES string of the molecule is C/C(=C(/O)C(=O)/C=C(\C)C(F)F)C(O)C(F)(F)F. The van der Waals surface area contributed by atoms with Crippen molar-refractivity contribution in [2.24, 2.45) is 0 Å². The Kier molecular flexibility index (Phi) is 5.47. The summed E-state index contributed by atoms with van der Waals surface area (Å²) in [6.07, 6.45) is -10.7. The zero-order chi connectivity index (χ0) is 14.7. The molecule has 0 radical (unpaired) electrons. The van der Waals surface area contributed by atoms with E-state index in [1.165, 1.54) is 0 Å². The Labute approximate surface area is 99.2 Å². The summed E-state index contributed by atoms with van der Waals surface area (Å²) in [7, 11) is 0. The summed E-state index contributed by atoms with van der Waals surface area (Å²) < 4.78 is 60.3. The molecule has 0 fully saturated rings. The van der Waals surface area contributed by atoms with Crippen molar-refractivity contribution < 1.29 is 37.0 Å². The highest BCUT2D eigenvalue weighted by Crippen LogP contribution is 2.26. The topological polar surface area (TPSA) is 57.5 Å². The van der Waals surface area contributed by atoms with Crippen molar-refractivity contribution in [1.29, 1.82) is 0 Å². The quantitative estimate of drug-likeness (QED) is 0.470. The highest BCUT2D eigenvalue weighted by molar-refractivity contribution is 6.03. The van der Waals surface area contributed by atoms with Crippen LogP contribution in [0.2, 0.25) is 0 Å². The van der Waals surface area contributed by atoms with Crippen LogP contribution in [0.1, 0.15) is 13.8 Å². The third-order valence-electron chi connectivity index (χ3n) is 2.03. The van der Waals surface area contributed by atoms with E-state index in [-0.39, 0.29) is 0 Å². The minimum absolute atomic E-state index is 0.312. The van der Waals surface area contributed by atoms with E-state index in [0.717, 1.165) is 6.92 Å². The number of halogens is 5. The Hall–Kier alpha value is -1.44. The maximum Gasteiger partial charge on any atom is 0.418 e. The first-order valence-electron chi connectivity index (χ1n) is 4.63. The summed E-state index contributed by atoms with van der Waals surface area (Å²) >= 11 is 0. The van der Waals surface area contributed by atoms with Gasteiger partial charge in [-0.2, -0.15) is 13.2 Å². The van der Waals surface area contributed by atoms with Gasteiger partial charge in [-0.1, -0.05) is 0 Å². The van der Waals surface area contributed by atoms with Gasteiger partial charge in [0.1, 0.15) is 0 Å². The molecule has 0 amide bonds. The van der Waals surface area contributed by atoms with Crippen molar-refractivity contribution in [2.75, 3.05) is 0 Å². The molecule has 0 saturated heterocycles. The minimum atomic E-state index is -5.06. The molecule has 0 bridgehead atoms. The maximum atomic E-state index is 12.1. The molecule has 18 heavy (non-hydrogen) atoms. The molecule has 0 aromatic heterocycles. The smallest absolute Gasteiger partial charge is 0.418 e. The number of rotatable bonds is 4. The number of carbonyl (C=O) groups excluding carboxylic acids is 1. The standard InChI is InChI=1S/C10H11F5O3/c1-4(9(11)12)3-6(16)7(17)5(2)8(18)10(13,14)15/h3,8-9,17-18H,1-2H3/b4-3+,7-5-. The Balaban J connectivity index is 5.20. The van der Waals surface area contributed by atoms with E-state index in [1.54, 1.807) is 0 Å². The van der Waals surface area contributed by atoms with Crippen LogP contribution in [0.4, 0.5) is 22.0 Å². The molecule has 1 atom stereocenters. The van der Waals surface area contributed by atoms with Crippen molar-refractivity contribution in [3.8, 4) is 0 Å². The van der Waals surface area contributed by atoms with Gasteiger partial charge in [-0.15, -0.1) is 0 Å². The number of ketones is 1. The normalized spacial score (nSPS) is 16.6. The number of carbonyl (C=O) groups is 1. The molecule has 0 heterocycles. The third kappa shape index (κ3) is 4.44. The van der Waals surface area contributed by atoms with Crippen molar-refractivity contribution in [3.05, 3.63) is 23.0 Å². The number of alkyl halides is 5. The van der Waals surface area contributed by atoms with Crippen LogP contribution in [0.5, 0.6) is 0 Å². The van der Waals surface area contributed by atoms with E-state index in [9.17, 15) is 26.7 Å². The molecule has 2 N–H and O–H groups in total. The second-order valence-corrected chi connectivity index (χ2v) is 3.53. The first kappa shape index (κ1) is 16.6. The van der Waals surface area contributed by atoms with Gasteiger partial charge in [0.05, 0.1) is 0 Å². The van der Waals surface area contributed by atoms with Crippen LogP contribution in [0.3, 0.4) is 0 Å². The lowest BCUT2D eigenvalue weighted by Crippen LogP contribution is -2.31. The Bertz CT molecular complexity index is 381. The van der Waals surface area contributed by atoms with E-state index in [1.807, 2.05) is 0 Å². The summed E-state index contributed by atoms with van der Waals surface area (Å²) in [4.78, 5) is 11.1. The number of hydrogen-bond donors (Lipinski definition) is 2. The molecule has 8 heteroatoms. The minimum Gasteiger partial charge on any atom is -0.504 e. The van der Waals surface area contributed by atoms with Crippen LogP contribution in [-0.2, 0) is 4.79 Å². The lowest BCUT2D eigenvalue weighted by molar-refractivity contribution is -0.191. The van der Waals surface area contributed by atoms with Crippen molar-refractivity contribution in [3.63, 3.8) is 0 Å². The van der Waals surface area contributed by atoms with Crippen LogP contribution in [0.15, 0.2) is 23.0 Å². The van der Waals surface area contributed by atoms with Crippen LogP contribution >= 0.6 is 0 Å². The summed E-state index contributed by atoms with van der Waals surface area (Å²) in [5.41, 5.74) is -1.76. The largest absolute Gasteiger partial charge is 0.504 e. The van der Waals surface area contributed by atoms with Gasteiger partial charge in [0.2, 0.25) is 5.78 Å². The van der Waals surface area contributed by atoms with E-state index in [0.29, 0.717) is 13.0 Å². The molecule has 0 aromatic carbocycles. The molecule has 0 saturated carbocycles. The van der Waals surface area contributed by atoms with E-state index in [2.05, 4.69) is 0 Å². The fourth-order valence-electron chi connectivity index (χ4n) is 0.907. The average Bonchev–Trinajstić information content (AvgIpc) is 2.24. The summed E-state index contributed by atoms with van der Waals surface area (Å²) in [5, 5.41) is 17.9. The number of hydrogen-bond acceptors (Lipinski definition) is 3. The van der Waals surface area contributed by atoms with Gasteiger partial charge >= 0.3 is 6.18 Å².